The van der Waals surface area contributed by atoms with Crippen molar-refractivity contribution in [2.45, 2.75) is 148 Å². The summed E-state index contributed by atoms with van der Waals surface area (Å²) < 4.78 is 0. The van der Waals surface area contributed by atoms with Gasteiger partial charge in [-0.25, -0.2) is 20.3 Å². The predicted molar refractivity (Wildman–Crippen MR) is 193 cm³/mol. The molecule has 0 aromatic heterocycles. The van der Waals surface area contributed by atoms with E-state index in [1.54, 1.807) is 0 Å². The molecule has 0 saturated heterocycles. The molecular formula is C36H66N6O11. The molecule has 0 saturated carbocycles. The highest BCUT2D eigenvalue weighted by atomic mass is 16.5. The zero-order valence-electron chi connectivity index (χ0n) is 31.8. The van der Waals surface area contributed by atoms with Crippen LogP contribution in [0.3, 0.4) is 0 Å². The number of Topliss-reactive ketones (excluding diaryl/α,β-unsaturated/α-hetero) is 2. The number of hydroxylamine groups is 8. The van der Waals surface area contributed by atoms with Gasteiger partial charge in [0.2, 0.25) is 29.5 Å². The normalized spacial score (nSPS) is 10.8. The van der Waals surface area contributed by atoms with Crippen LogP contribution in [0, 0.1) is 0 Å². The lowest BCUT2D eigenvalue weighted by Crippen LogP contribution is -2.31. The fraction of sp³-hybridized carbons (Fsp3) is 0.806. The summed E-state index contributed by atoms with van der Waals surface area (Å²) in [6.07, 6.45) is 9.80. The Morgan fingerprint density at radius 3 is 1.21 bits per heavy atom. The van der Waals surface area contributed by atoms with Gasteiger partial charge in [0.25, 0.3) is 0 Å². The van der Waals surface area contributed by atoms with Crippen molar-refractivity contribution >= 4 is 41.1 Å². The van der Waals surface area contributed by atoms with Crippen molar-refractivity contribution in [2.24, 2.45) is 5.73 Å². The third-order valence-electron chi connectivity index (χ3n) is 8.62. The molecule has 0 unspecified atom stereocenters. The Labute approximate surface area is 314 Å². The third kappa shape index (κ3) is 28.6. The summed E-state index contributed by atoms with van der Waals surface area (Å²) in [5.41, 5.74) is 5.41. The summed E-state index contributed by atoms with van der Waals surface area (Å²) in [5, 5.41) is 44.2. The highest BCUT2D eigenvalue weighted by Gasteiger charge is 2.16. The predicted octanol–water partition coefficient (Wildman–Crippen LogP) is 3.67. The number of hydrogen-bond acceptors (Lipinski definition) is 12. The molecule has 7 N–H and O–H groups in total. The van der Waals surface area contributed by atoms with E-state index in [1.807, 2.05) is 0 Å². The Morgan fingerprint density at radius 2 is 0.792 bits per heavy atom. The second-order valence-electron chi connectivity index (χ2n) is 13.4. The molecule has 0 spiro atoms. The lowest BCUT2D eigenvalue weighted by atomic mass is 10.1. The van der Waals surface area contributed by atoms with Gasteiger partial charge in [-0.15, -0.1) is 0 Å². The molecule has 306 valence electrons. The maximum atomic E-state index is 12.2. The van der Waals surface area contributed by atoms with E-state index in [0.29, 0.717) is 110 Å². The van der Waals surface area contributed by atoms with Crippen LogP contribution in [0.2, 0.25) is 0 Å². The average molecular weight is 759 g/mol. The Balaban J connectivity index is 3.81. The highest BCUT2D eigenvalue weighted by Crippen LogP contribution is 2.10. The number of nitrogens with zero attached hydrogens (tertiary/aromatic N) is 4. The van der Waals surface area contributed by atoms with Crippen molar-refractivity contribution in [3.63, 3.8) is 0 Å². The van der Waals surface area contributed by atoms with Crippen LogP contribution in [0.4, 0.5) is 0 Å². The number of nitrogens with one attached hydrogen (secondary N) is 1. The van der Waals surface area contributed by atoms with E-state index in [1.165, 1.54) is 6.92 Å². The van der Waals surface area contributed by atoms with E-state index >= 15 is 0 Å². The first kappa shape index (κ1) is 49.5. The molecule has 0 radical (unpaired) electrons. The minimum Gasteiger partial charge on any atom is -0.356 e. The number of nitrogens with two attached hydrogens (primary N) is 1. The number of hydrogen-bond donors (Lipinski definition) is 6. The molecule has 17 nitrogen and oxygen atoms in total. The van der Waals surface area contributed by atoms with Crippen LogP contribution in [0.1, 0.15) is 148 Å². The Bertz CT molecular complexity index is 1090. The molecule has 0 aliphatic carbocycles. The molecule has 0 aromatic rings. The van der Waals surface area contributed by atoms with Crippen molar-refractivity contribution in [2.75, 3.05) is 39.3 Å². The first-order valence-corrected chi connectivity index (χ1v) is 19.2. The minimum atomic E-state index is -0.566. The molecule has 0 aliphatic heterocycles. The number of ketones is 2. The van der Waals surface area contributed by atoms with Crippen LogP contribution >= 0.6 is 0 Å². The van der Waals surface area contributed by atoms with Crippen molar-refractivity contribution in [1.82, 2.24) is 25.6 Å². The van der Waals surface area contributed by atoms with Gasteiger partial charge in [0.05, 0.1) is 0 Å². The fourth-order valence-corrected chi connectivity index (χ4v) is 5.22. The number of amides is 5. The van der Waals surface area contributed by atoms with Gasteiger partial charge < -0.3 is 11.1 Å². The van der Waals surface area contributed by atoms with Gasteiger partial charge in [-0.2, -0.15) is 0 Å². The molecule has 0 bridgehead atoms. The lowest BCUT2D eigenvalue weighted by molar-refractivity contribution is -0.166. The summed E-state index contributed by atoms with van der Waals surface area (Å²) in [6.45, 7) is 2.88. The van der Waals surface area contributed by atoms with Crippen LogP contribution in [0.25, 0.3) is 0 Å². The van der Waals surface area contributed by atoms with Crippen LogP contribution in [0.5, 0.6) is 0 Å². The first-order chi connectivity index (χ1) is 25.3. The molecule has 5 amide bonds. The number of carbonyl (C=O) groups is 7. The summed E-state index contributed by atoms with van der Waals surface area (Å²) in [5.74, 6) is -2.44. The van der Waals surface area contributed by atoms with E-state index < -0.39 is 23.6 Å². The molecule has 0 fully saturated rings. The SMILES string of the molecule is CC(=O)N(O)CCCCCCC(=O)CCC(=O)N(O)CCCCCNC(=O)CCC(=O)N(O)CCCCCCC(=O)CCC(=O)N(O)CCCCCN. The van der Waals surface area contributed by atoms with Gasteiger partial charge >= 0.3 is 0 Å². The van der Waals surface area contributed by atoms with Crippen LogP contribution in [0.15, 0.2) is 0 Å². The van der Waals surface area contributed by atoms with Crippen LogP contribution < -0.4 is 11.1 Å². The molecule has 0 aliphatic rings. The van der Waals surface area contributed by atoms with E-state index in [4.69, 9.17) is 5.73 Å². The van der Waals surface area contributed by atoms with Gasteiger partial charge in [-0.05, 0) is 64.3 Å². The lowest BCUT2D eigenvalue weighted by Gasteiger charge is -2.15. The van der Waals surface area contributed by atoms with Crippen molar-refractivity contribution in [3.8, 4) is 0 Å². The van der Waals surface area contributed by atoms with Crippen molar-refractivity contribution in [1.29, 1.82) is 0 Å². The standard InChI is InChI=1S/C36H66N6O11/c1-30(43)39(50)26-12-4-2-8-16-31(44)19-22-35(48)41(52)29-15-7-11-25-38-33(46)20-23-36(49)42(53)27-13-5-3-9-17-32(45)18-21-34(47)40(51)28-14-6-10-24-37/h50-53H,2-29,37H2,1H3,(H,38,46). The number of rotatable bonds is 34. The van der Waals surface area contributed by atoms with E-state index in [9.17, 15) is 54.4 Å². The molecule has 0 atom stereocenters. The van der Waals surface area contributed by atoms with Gasteiger partial charge in [0, 0.05) is 91.0 Å². The van der Waals surface area contributed by atoms with Crippen molar-refractivity contribution < 1.29 is 54.4 Å². The van der Waals surface area contributed by atoms with Gasteiger partial charge in [0.1, 0.15) is 11.6 Å². The zero-order valence-corrected chi connectivity index (χ0v) is 31.8. The van der Waals surface area contributed by atoms with E-state index in [0.717, 1.165) is 25.7 Å². The summed E-state index contributed by atoms with van der Waals surface area (Å²) in [4.78, 5) is 83.3. The summed E-state index contributed by atoms with van der Waals surface area (Å²) in [6, 6.07) is 0. The maximum Gasteiger partial charge on any atom is 0.246 e. The maximum absolute atomic E-state index is 12.2. The Kier molecular flexibility index (Phi) is 29.8. The fourth-order valence-electron chi connectivity index (χ4n) is 5.22. The minimum absolute atomic E-state index is 0.0338. The van der Waals surface area contributed by atoms with Crippen LogP contribution in [-0.2, 0) is 33.6 Å². The second kappa shape index (κ2) is 32.0. The van der Waals surface area contributed by atoms with Crippen molar-refractivity contribution in [3.05, 3.63) is 0 Å². The van der Waals surface area contributed by atoms with E-state index in [-0.39, 0.29) is 82.2 Å². The number of carbonyl (C=O) groups excluding carboxylic acids is 7. The molecular weight excluding hydrogens is 692 g/mol. The molecule has 17 heteroatoms. The van der Waals surface area contributed by atoms with Gasteiger partial charge in [-0.1, -0.05) is 32.1 Å². The quantitative estimate of drug-likeness (QED) is 0.0312. The highest BCUT2D eigenvalue weighted by molar-refractivity contribution is 5.85. The van der Waals surface area contributed by atoms with Gasteiger partial charge in [-0.3, -0.25) is 54.4 Å². The first-order valence-electron chi connectivity index (χ1n) is 19.2. The molecule has 0 heterocycles. The molecule has 0 aromatic carbocycles. The third-order valence-corrected chi connectivity index (χ3v) is 8.62. The molecule has 0 rings (SSSR count). The largest absolute Gasteiger partial charge is 0.356 e. The smallest absolute Gasteiger partial charge is 0.246 e. The monoisotopic (exact) mass is 758 g/mol. The summed E-state index contributed by atoms with van der Waals surface area (Å²) in [7, 11) is 0. The molecule has 53 heavy (non-hydrogen) atoms. The number of unbranched alkanes of at least 4 members (excludes halogenated alkanes) is 10. The Morgan fingerprint density at radius 1 is 0.434 bits per heavy atom. The second-order valence-corrected chi connectivity index (χ2v) is 13.4. The summed E-state index contributed by atoms with van der Waals surface area (Å²) >= 11 is 0. The average Bonchev–Trinajstić information content (AvgIpc) is 3.13. The topological polar surface area (TPSA) is 251 Å². The van der Waals surface area contributed by atoms with Crippen LogP contribution in [-0.4, -0.2) is 121 Å². The Hall–Kier alpha value is -3.51. The zero-order chi connectivity index (χ0) is 39.9. The van der Waals surface area contributed by atoms with Gasteiger partial charge in [0.15, 0.2) is 0 Å². The van der Waals surface area contributed by atoms with E-state index in [2.05, 4.69) is 5.32 Å².